The molecule has 1 fully saturated rings. The van der Waals surface area contributed by atoms with Crippen molar-refractivity contribution in [2.75, 3.05) is 5.73 Å². The van der Waals surface area contributed by atoms with Gasteiger partial charge in [0.15, 0.2) is 5.65 Å². The van der Waals surface area contributed by atoms with Crippen LogP contribution in [0.15, 0.2) is 30.6 Å². The van der Waals surface area contributed by atoms with Crippen molar-refractivity contribution in [2.45, 2.75) is 18.9 Å². The van der Waals surface area contributed by atoms with Crippen molar-refractivity contribution in [1.29, 1.82) is 0 Å². The summed E-state index contributed by atoms with van der Waals surface area (Å²) in [6.45, 7) is 0. The second kappa shape index (κ2) is 4.91. The zero-order chi connectivity index (χ0) is 15.1. The summed E-state index contributed by atoms with van der Waals surface area (Å²) in [7, 11) is 0. The Labute approximate surface area is 126 Å². The summed E-state index contributed by atoms with van der Waals surface area (Å²) < 4.78 is 15.1. The molecule has 2 N–H and O–H groups in total. The molecular formula is C16H14FN5. The molecule has 4 rings (SSSR count). The molecule has 0 unspecified atom stereocenters. The molecule has 0 spiro atoms. The Bertz CT molecular complexity index is 879. The van der Waals surface area contributed by atoms with Crippen LogP contribution in [0.3, 0.4) is 0 Å². The van der Waals surface area contributed by atoms with Crippen LogP contribution >= 0.6 is 0 Å². The first-order chi connectivity index (χ1) is 10.7. The second-order valence-corrected chi connectivity index (χ2v) is 5.41. The average Bonchev–Trinajstić information content (AvgIpc) is 3.27. The van der Waals surface area contributed by atoms with Crippen molar-refractivity contribution in [3.8, 4) is 0 Å². The minimum atomic E-state index is -0.265. The summed E-state index contributed by atoms with van der Waals surface area (Å²) in [5.41, 5.74) is 8.22. The number of fused-ring (bicyclic) bond motifs is 1. The fraction of sp³-hybridized carbons (Fsp3) is 0.188. The largest absolute Gasteiger partial charge is 0.383 e. The van der Waals surface area contributed by atoms with E-state index >= 15 is 0 Å². The molecule has 0 amide bonds. The quantitative estimate of drug-likeness (QED) is 0.806. The molecule has 0 saturated heterocycles. The van der Waals surface area contributed by atoms with E-state index in [-0.39, 0.29) is 5.82 Å². The first kappa shape index (κ1) is 12.9. The molecule has 1 aliphatic carbocycles. The van der Waals surface area contributed by atoms with E-state index in [1.165, 1.54) is 18.5 Å². The summed E-state index contributed by atoms with van der Waals surface area (Å²) in [6.07, 6.45) is 7.31. The van der Waals surface area contributed by atoms with Crippen LogP contribution in [0.1, 0.15) is 30.1 Å². The molecule has 5 nitrogen and oxygen atoms in total. The highest BCUT2D eigenvalue weighted by Crippen LogP contribution is 2.37. The monoisotopic (exact) mass is 295 g/mol. The minimum absolute atomic E-state index is 0.265. The van der Waals surface area contributed by atoms with Crippen LogP contribution in [0.5, 0.6) is 0 Å². The third kappa shape index (κ3) is 2.22. The number of nitrogens with zero attached hydrogens (tertiary/aromatic N) is 4. The van der Waals surface area contributed by atoms with Crippen LogP contribution in [0, 0.1) is 5.82 Å². The zero-order valence-electron chi connectivity index (χ0n) is 11.8. The molecule has 0 atom stereocenters. The van der Waals surface area contributed by atoms with Crippen LogP contribution in [-0.4, -0.2) is 19.7 Å². The number of nitrogens with two attached hydrogens (primary N) is 1. The van der Waals surface area contributed by atoms with Crippen LogP contribution in [0.25, 0.3) is 23.2 Å². The van der Waals surface area contributed by atoms with Crippen molar-refractivity contribution >= 4 is 29.0 Å². The summed E-state index contributed by atoms with van der Waals surface area (Å²) in [6, 6.07) is 6.79. The van der Waals surface area contributed by atoms with Gasteiger partial charge in [0.25, 0.3) is 0 Å². The lowest BCUT2D eigenvalue weighted by Gasteiger charge is -1.98. The van der Waals surface area contributed by atoms with Crippen molar-refractivity contribution in [3.63, 3.8) is 0 Å². The van der Waals surface area contributed by atoms with Gasteiger partial charge in [-0.05, 0) is 36.6 Å². The highest BCUT2D eigenvalue weighted by Gasteiger charge is 2.28. The predicted octanol–water partition coefficient (Wildman–Crippen LogP) is 3.05. The Morgan fingerprint density at radius 3 is 2.86 bits per heavy atom. The molecule has 2 heterocycles. The lowest BCUT2D eigenvalue weighted by Crippen LogP contribution is -1.98. The molecule has 110 valence electrons. The van der Waals surface area contributed by atoms with Gasteiger partial charge in [-0.25, -0.2) is 19.0 Å². The van der Waals surface area contributed by atoms with Crippen LogP contribution in [-0.2, 0) is 0 Å². The maximum absolute atomic E-state index is 13.2. The maximum atomic E-state index is 13.2. The number of rotatable bonds is 3. The summed E-state index contributed by atoms with van der Waals surface area (Å²) in [5, 5.41) is 5.36. The molecule has 1 aliphatic rings. The number of halogens is 1. The normalized spacial score (nSPS) is 15.0. The molecule has 2 aromatic heterocycles. The Hall–Kier alpha value is -2.76. The molecule has 1 aromatic carbocycles. The third-order valence-electron chi connectivity index (χ3n) is 3.72. The second-order valence-electron chi connectivity index (χ2n) is 5.41. The van der Waals surface area contributed by atoms with Gasteiger partial charge in [-0.3, -0.25) is 0 Å². The molecule has 22 heavy (non-hydrogen) atoms. The number of nitrogen functional groups attached to an aromatic ring is 1. The highest BCUT2D eigenvalue weighted by atomic mass is 19.1. The molecule has 3 aromatic rings. The minimum Gasteiger partial charge on any atom is -0.383 e. The van der Waals surface area contributed by atoms with Gasteiger partial charge in [-0.1, -0.05) is 18.2 Å². The van der Waals surface area contributed by atoms with Gasteiger partial charge in [-0.2, -0.15) is 5.10 Å². The number of hydrogen-bond donors (Lipinski definition) is 1. The van der Waals surface area contributed by atoms with Crippen molar-refractivity contribution in [1.82, 2.24) is 19.7 Å². The van der Waals surface area contributed by atoms with Gasteiger partial charge in [0.2, 0.25) is 0 Å². The van der Waals surface area contributed by atoms with Crippen molar-refractivity contribution in [3.05, 3.63) is 47.7 Å². The van der Waals surface area contributed by atoms with Gasteiger partial charge in [-0.15, -0.1) is 0 Å². The Kier molecular flexibility index (Phi) is 2.89. The van der Waals surface area contributed by atoms with E-state index < -0.39 is 0 Å². The Morgan fingerprint density at radius 2 is 2.09 bits per heavy atom. The van der Waals surface area contributed by atoms with Crippen LogP contribution in [0.4, 0.5) is 10.2 Å². The molecule has 0 bridgehead atoms. The van der Waals surface area contributed by atoms with E-state index in [9.17, 15) is 4.39 Å². The Morgan fingerprint density at radius 1 is 1.23 bits per heavy atom. The van der Waals surface area contributed by atoms with E-state index in [1.807, 2.05) is 22.9 Å². The van der Waals surface area contributed by atoms with Crippen LogP contribution in [0.2, 0.25) is 0 Å². The fourth-order valence-corrected chi connectivity index (χ4v) is 2.50. The van der Waals surface area contributed by atoms with Gasteiger partial charge in [0.1, 0.15) is 18.0 Å². The molecule has 6 heteroatoms. The summed E-state index contributed by atoms with van der Waals surface area (Å²) in [5.74, 6) is 0.147. The first-order valence-electron chi connectivity index (χ1n) is 7.15. The van der Waals surface area contributed by atoms with Gasteiger partial charge < -0.3 is 5.73 Å². The number of aromatic nitrogens is 4. The maximum Gasteiger partial charge on any atom is 0.164 e. The van der Waals surface area contributed by atoms with Crippen molar-refractivity contribution in [2.24, 2.45) is 0 Å². The lowest BCUT2D eigenvalue weighted by molar-refractivity contribution is 0.627. The molecule has 0 radical (unpaired) electrons. The smallest absolute Gasteiger partial charge is 0.164 e. The highest BCUT2D eigenvalue weighted by molar-refractivity contribution is 5.94. The van der Waals surface area contributed by atoms with E-state index in [1.54, 1.807) is 6.07 Å². The molecule has 1 saturated carbocycles. The predicted molar refractivity (Wildman–Crippen MR) is 83.3 cm³/mol. The third-order valence-corrected chi connectivity index (χ3v) is 3.72. The topological polar surface area (TPSA) is 69.6 Å². The Balaban J connectivity index is 1.81. The summed E-state index contributed by atoms with van der Waals surface area (Å²) in [4.78, 5) is 8.36. The first-order valence-corrected chi connectivity index (χ1v) is 7.15. The molecular weight excluding hydrogens is 281 g/mol. The standard InChI is InChI=1S/C16H14FN5/c17-11-3-1-2-10(8-11)4-7-13-14-15(18)19-9-20-16(14)22(21-13)12-5-6-12/h1-4,7-9,12H,5-6H2,(H2,18,19,20). The number of benzene rings is 1. The summed E-state index contributed by atoms with van der Waals surface area (Å²) >= 11 is 0. The van der Waals surface area contributed by atoms with E-state index in [0.29, 0.717) is 17.6 Å². The SMILES string of the molecule is Nc1ncnc2c1c(C=Cc1cccc(F)c1)nn2C1CC1. The van der Waals surface area contributed by atoms with Crippen molar-refractivity contribution < 1.29 is 4.39 Å². The number of hydrogen-bond acceptors (Lipinski definition) is 4. The fourth-order valence-electron chi connectivity index (χ4n) is 2.50. The van der Waals surface area contributed by atoms with E-state index in [4.69, 9.17) is 5.73 Å². The van der Waals surface area contributed by atoms with Gasteiger partial charge >= 0.3 is 0 Å². The zero-order valence-corrected chi connectivity index (χ0v) is 11.8. The van der Waals surface area contributed by atoms with E-state index in [2.05, 4.69) is 15.1 Å². The lowest BCUT2D eigenvalue weighted by atomic mass is 10.2. The van der Waals surface area contributed by atoms with Gasteiger partial charge in [0, 0.05) is 0 Å². The molecule has 0 aliphatic heterocycles. The van der Waals surface area contributed by atoms with Crippen LogP contribution < -0.4 is 5.73 Å². The van der Waals surface area contributed by atoms with Gasteiger partial charge in [0.05, 0.1) is 17.1 Å². The van der Waals surface area contributed by atoms with E-state index in [0.717, 1.165) is 29.4 Å². The average molecular weight is 295 g/mol. The number of anilines is 1.